The van der Waals surface area contributed by atoms with Crippen molar-refractivity contribution in [1.82, 2.24) is 10.6 Å². The SMILES string of the molecule is O=C(NCc1ccsc1)NCc1ccsc1. The molecule has 2 aromatic heterocycles. The Labute approximate surface area is 102 Å². The van der Waals surface area contributed by atoms with Gasteiger partial charge in [0, 0.05) is 13.1 Å². The Hall–Kier alpha value is -1.33. The topological polar surface area (TPSA) is 41.1 Å². The average molecular weight is 252 g/mol. The predicted octanol–water partition coefficient (Wildman–Crippen LogP) is 2.81. The van der Waals surface area contributed by atoms with Crippen LogP contribution < -0.4 is 10.6 Å². The minimum absolute atomic E-state index is 0.127. The van der Waals surface area contributed by atoms with E-state index in [-0.39, 0.29) is 6.03 Å². The van der Waals surface area contributed by atoms with E-state index in [1.807, 2.05) is 33.7 Å². The Morgan fingerprint density at radius 1 is 1.00 bits per heavy atom. The lowest BCUT2D eigenvalue weighted by atomic mass is 10.3. The van der Waals surface area contributed by atoms with Gasteiger partial charge < -0.3 is 10.6 Å². The molecule has 0 atom stereocenters. The Bertz CT molecular complexity index is 383. The maximum atomic E-state index is 11.4. The highest BCUT2D eigenvalue weighted by molar-refractivity contribution is 7.08. The van der Waals surface area contributed by atoms with Crippen molar-refractivity contribution in [3.8, 4) is 0 Å². The van der Waals surface area contributed by atoms with Gasteiger partial charge in [-0.1, -0.05) is 0 Å². The van der Waals surface area contributed by atoms with Gasteiger partial charge in [0.2, 0.25) is 0 Å². The van der Waals surface area contributed by atoms with Gasteiger partial charge in [0.05, 0.1) is 0 Å². The van der Waals surface area contributed by atoms with Crippen molar-refractivity contribution in [2.75, 3.05) is 0 Å². The number of rotatable bonds is 4. The summed E-state index contributed by atoms with van der Waals surface area (Å²) in [6.07, 6.45) is 0. The predicted molar refractivity (Wildman–Crippen MR) is 67.7 cm³/mol. The first-order chi connectivity index (χ1) is 7.84. The van der Waals surface area contributed by atoms with Crippen molar-refractivity contribution in [3.63, 3.8) is 0 Å². The van der Waals surface area contributed by atoms with Gasteiger partial charge >= 0.3 is 6.03 Å². The number of nitrogens with one attached hydrogen (secondary N) is 2. The summed E-state index contributed by atoms with van der Waals surface area (Å²) in [4.78, 5) is 11.4. The van der Waals surface area contributed by atoms with Crippen molar-refractivity contribution in [2.24, 2.45) is 0 Å². The molecule has 0 fully saturated rings. The van der Waals surface area contributed by atoms with E-state index < -0.39 is 0 Å². The fourth-order valence-corrected chi connectivity index (χ4v) is 2.55. The molecule has 2 heterocycles. The van der Waals surface area contributed by atoms with E-state index in [0.29, 0.717) is 13.1 Å². The third kappa shape index (κ3) is 3.36. The number of carbonyl (C=O) groups is 1. The largest absolute Gasteiger partial charge is 0.334 e. The van der Waals surface area contributed by atoms with Crippen LogP contribution in [0.4, 0.5) is 4.79 Å². The fraction of sp³-hybridized carbons (Fsp3) is 0.182. The summed E-state index contributed by atoms with van der Waals surface area (Å²) in [6, 6.07) is 3.88. The van der Waals surface area contributed by atoms with Crippen LogP contribution in [0.25, 0.3) is 0 Å². The summed E-state index contributed by atoms with van der Waals surface area (Å²) in [5, 5.41) is 13.7. The molecule has 3 nitrogen and oxygen atoms in total. The molecule has 0 saturated heterocycles. The molecule has 2 N–H and O–H groups in total. The van der Waals surface area contributed by atoms with E-state index >= 15 is 0 Å². The van der Waals surface area contributed by atoms with Gasteiger partial charge in [-0.2, -0.15) is 22.7 Å². The van der Waals surface area contributed by atoms with Crippen molar-refractivity contribution in [3.05, 3.63) is 44.8 Å². The Kier molecular flexibility index (Phi) is 3.96. The number of thiophene rings is 2. The molecule has 5 heteroatoms. The molecule has 0 spiro atoms. The molecule has 2 amide bonds. The van der Waals surface area contributed by atoms with Gasteiger partial charge in [0.25, 0.3) is 0 Å². The molecule has 0 bridgehead atoms. The zero-order valence-electron chi connectivity index (χ0n) is 8.60. The van der Waals surface area contributed by atoms with E-state index in [1.165, 1.54) is 0 Å². The lowest BCUT2D eigenvalue weighted by Gasteiger charge is -2.05. The van der Waals surface area contributed by atoms with Gasteiger partial charge in [-0.3, -0.25) is 0 Å². The van der Waals surface area contributed by atoms with E-state index in [1.54, 1.807) is 22.7 Å². The van der Waals surface area contributed by atoms with E-state index in [0.717, 1.165) is 11.1 Å². The van der Waals surface area contributed by atoms with Crippen LogP contribution in [0.5, 0.6) is 0 Å². The molecule has 2 aromatic rings. The minimum atomic E-state index is -0.127. The Morgan fingerprint density at radius 3 is 1.88 bits per heavy atom. The molecule has 84 valence electrons. The van der Waals surface area contributed by atoms with Gasteiger partial charge in [0.15, 0.2) is 0 Å². The highest BCUT2D eigenvalue weighted by atomic mass is 32.1. The second kappa shape index (κ2) is 5.67. The average Bonchev–Trinajstić information content (AvgIpc) is 2.96. The van der Waals surface area contributed by atoms with E-state index in [9.17, 15) is 4.79 Å². The molecule has 16 heavy (non-hydrogen) atoms. The molecular formula is C11H12N2OS2. The van der Waals surface area contributed by atoms with Crippen molar-refractivity contribution in [1.29, 1.82) is 0 Å². The van der Waals surface area contributed by atoms with E-state index in [2.05, 4.69) is 10.6 Å². The molecule has 0 saturated carbocycles. The summed E-state index contributed by atoms with van der Waals surface area (Å²) in [7, 11) is 0. The number of carbonyl (C=O) groups excluding carboxylic acids is 1. The van der Waals surface area contributed by atoms with Crippen LogP contribution in [-0.4, -0.2) is 6.03 Å². The van der Waals surface area contributed by atoms with Crippen LogP contribution in [0.15, 0.2) is 33.7 Å². The monoisotopic (exact) mass is 252 g/mol. The van der Waals surface area contributed by atoms with Gasteiger partial charge in [-0.15, -0.1) is 0 Å². The molecule has 0 aliphatic heterocycles. The van der Waals surface area contributed by atoms with Crippen molar-refractivity contribution in [2.45, 2.75) is 13.1 Å². The molecule has 2 rings (SSSR count). The molecule has 0 aliphatic carbocycles. The number of hydrogen-bond donors (Lipinski definition) is 2. The zero-order chi connectivity index (χ0) is 11.2. The number of amides is 2. The quantitative estimate of drug-likeness (QED) is 0.863. The molecular weight excluding hydrogens is 240 g/mol. The third-order valence-electron chi connectivity index (χ3n) is 2.07. The standard InChI is InChI=1S/C11H12N2OS2/c14-11(12-5-9-1-3-15-7-9)13-6-10-2-4-16-8-10/h1-4,7-8H,5-6H2,(H2,12,13,14). The summed E-state index contributed by atoms with van der Waals surface area (Å²) < 4.78 is 0. The first kappa shape index (κ1) is 11.2. The first-order valence-corrected chi connectivity index (χ1v) is 6.77. The smallest absolute Gasteiger partial charge is 0.315 e. The highest BCUT2D eigenvalue weighted by Gasteiger charge is 2.00. The summed E-state index contributed by atoms with van der Waals surface area (Å²) in [5.74, 6) is 0. The fourth-order valence-electron chi connectivity index (χ4n) is 1.21. The molecule has 0 aliphatic rings. The van der Waals surface area contributed by atoms with E-state index in [4.69, 9.17) is 0 Å². The van der Waals surface area contributed by atoms with Gasteiger partial charge in [-0.25, -0.2) is 4.79 Å². The van der Waals surface area contributed by atoms with Crippen molar-refractivity contribution >= 4 is 28.7 Å². The van der Waals surface area contributed by atoms with Gasteiger partial charge in [0.1, 0.15) is 0 Å². The Morgan fingerprint density at radius 2 is 1.50 bits per heavy atom. The highest BCUT2D eigenvalue weighted by Crippen LogP contribution is 2.06. The van der Waals surface area contributed by atoms with Crippen LogP contribution in [0, 0.1) is 0 Å². The second-order valence-corrected chi connectivity index (χ2v) is 4.86. The normalized spacial score (nSPS) is 10.0. The summed E-state index contributed by atoms with van der Waals surface area (Å²) >= 11 is 3.26. The van der Waals surface area contributed by atoms with Crippen molar-refractivity contribution < 1.29 is 4.79 Å². The summed E-state index contributed by atoms with van der Waals surface area (Å²) in [5.41, 5.74) is 2.27. The maximum absolute atomic E-state index is 11.4. The zero-order valence-corrected chi connectivity index (χ0v) is 10.2. The number of hydrogen-bond acceptors (Lipinski definition) is 3. The van der Waals surface area contributed by atoms with Crippen LogP contribution in [-0.2, 0) is 13.1 Å². The van der Waals surface area contributed by atoms with Crippen LogP contribution in [0.2, 0.25) is 0 Å². The molecule has 0 aromatic carbocycles. The maximum Gasteiger partial charge on any atom is 0.315 e. The lowest BCUT2D eigenvalue weighted by molar-refractivity contribution is 0.240. The lowest BCUT2D eigenvalue weighted by Crippen LogP contribution is -2.34. The first-order valence-electron chi connectivity index (χ1n) is 4.88. The Balaban J connectivity index is 1.69. The minimum Gasteiger partial charge on any atom is -0.334 e. The third-order valence-corrected chi connectivity index (χ3v) is 3.53. The second-order valence-electron chi connectivity index (χ2n) is 3.30. The number of urea groups is 1. The van der Waals surface area contributed by atoms with Crippen LogP contribution >= 0.6 is 22.7 Å². The van der Waals surface area contributed by atoms with Gasteiger partial charge in [-0.05, 0) is 44.8 Å². The molecule has 0 unspecified atom stereocenters. The summed E-state index contributed by atoms with van der Waals surface area (Å²) in [6.45, 7) is 1.16. The van der Waals surface area contributed by atoms with Crippen LogP contribution in [0.3, 0.4) is 0 Å². The molecule has 0 radical (unpaired) electrons. The van der Waals surface area contributed by atoms with Crippen LogP contribution in [0.1, 0.15) is 11.1 Å².